The number of nitrogens with one attached hydrogen (secondary N) is 1. The number of ketones is 1. The van der Waals surface area contributed by atoms with Crippen LogP contribution in [0.15, 0.2) is 18.2 Å². The van der Waals surface area contributed by atoms with Gasteiger partial charge >= 0.3 is 0 Å². The van der Waals surface area contributed by atoms with Gasteiger partial charge in [0.15, 0.2) is 5.78 Å². The van der Waals surface area contributed by atoms with Crippen LogP contribution < -0.4 is 5.32 Å². The molecule has 1 atom stereocenters. The molecule has 1 aromatic carbocycles. The highest BCUT2D eigenvalue weighted by atomic mass is 16.2. The van der Waals surface area contributed by atoms with E-state index in [2.05, 4.69) is 5.32 Å². The van der Waals surface area contributed by atoms with Crippen LogP contribution in [-0.2, 0) is 4.79 Å². The Morgan fingerprint density at radius 3 is 2.73 bits per heavy atom. The Balaban J connectivity index is 2.55. The van der Waals surface area contributed by atoms with Crippen molar-refractivity contribution in [3.8, 4) is 0 Å². The summed E-state index contributed by atoms with van der Waals surface area (Å²) in [4.78, 5) is 23.6. The van der Waals surface area contributed by atoms with Crippen molar-refractivity contribution in [1.82, 2.24) is 0 Å². The van der Waals surface area contributed by atoms with Crippen LogP contribution in [-0.4, -0.2) is 11.7 Å². The second-order valence-corrected chi connectivity index (χ2v) is 3.81. The highest BCUT2D eigenvalue weighted by Crippen LogP contribution is 2.29. The zero-order chi connectivity index (χ0) is 11.0. The SMILES string of the molecule is CCC1C(=O)Nc2c(C)cccc2C1=O. The van der Waals surface area contributed by atoms with E-state index in [9.17, 15) is 9.59 Å². The molecule has 1 heterocycles. The third kappa shape index (κ3) is 1.44. The second-order valence-electron chi connectivity index (χ2n) is 3.81. The first kappa shape index (κ1) is 9.90. The van der Waals surface area contributed by atoms with Crippen molar-refractivity contribution in [2.45, 2.75) is 20.3 Å². The van der Waals surface area contributed by atoms with Crippen molar-refractivity contribution >= 4 is 17.4 Å². The van der Waals surface area contributed by atoms with Gasteiger partial charge in [0.1, 0.15) is 5.92 Å². The smallest absolute Gasteiger partial charge is 0.235 e. The summed E-state index contributed by atoms with van der Waals surface area (Å²) in [6.45, 7) is 3.74. The van der Waals surface area contributed by atoms with Crippen molar-refractivity contribution in [1.29, 1.82) is 0 Å². The van der Waals surface area contributed by atoms with Gasteiger partial charge < -0.3 is 5.32 Å². The summed E-state index contributed by atoms with van der Waals surface area (Å²) in [5.41, 5.74) is 2.25. The van der Waals surface area contributed by atoms with E-state index in [0.29, 0.717) is 17.7 Å². The zero-order valence-electron chi connectivity index (χ0n) is 8.83. The Morgan fingerprint density at radius 2 is 2.07 bits per heavy atom. The number of anilines is 1. The van der Waals surface area contributed by atoms with Gasteiger partial charge in [-0.15, -0.1) is 0 Å². The molecule has 1 aliphatic rings. The molecular formula is C12H13NO2. The number of aryl methyl sites for hydroxylation is 1. The molecule has 1 amide bonds. The quantitative estimate of drug-likeness (QED) is 0.711. The molecular weight excluding hydrogens is 190 g/mol. The molecule has 0 spiro atoms. The molecule has 0 saturated carbocycles. The lowest BCUT2D eigenvalue weighted by Crippen LogP contribution is -2.35. The molecule has 0 saturated heterocycles. The number of Topliss-reactive ketones (excluding diaryl/α,β-unsaturated/α-hetero) is 1. The predicted molar refractivity (Wildman–Crippen MR) is 57.9 cm³/mol. The molecule has 0 radical (unpaired) electrons. The summed E-state index contributed by atoms with van der Waals surface area (Å²) in [5, 5.41) is 2.80. The minimum atomic E-state index is -0.515. The number of benzene rings is 1. The second kappa shape index (κ2) is 3.50. The number of amides is 1. The Morgan fingerprint density at radius 1 is 1.33 bits per heavy atom. The first-order valence-electron chi connectivity index (χ1n) is 5.09. The van der Waals surface area contributed by atoms with Crippen LogP contribution in [0.2, 0.25) is 0 Å². The lowest BCUT2D eigenvalue weighted by atomic mass is 9.88. The normalized spacial score (nSPS) is 19.7. The van der Waals surface area contributed by atoms with Gasteiger partial charge in [-0.3, -0.25) is 9.59 Å². The number of carbonyl (C=O) groups excluding carboxylic acids is 2. The van der Waals surface area contributed by atoms with Gasteiger partial charge in [-0.1, -0.05) is 19.1 Å². The average Bonchev–Trinajstić information content (AvgIpc) is 2.20. The van der Waals surface area contributed by atoms with Gasteiger partial charge in [0.25, 0.3) is 0 Å². The van der Waals surface area contributed by atoms with Gasteiger partial charge in [-0.2, -0.15) is 0 Å². The molecule has 3 heteroatoms. The fourth-order valence-electron chi connectivity index (χ4n) is 1.93. The van der Waals surface area contributed by atoms with Gasteiger partial charge in [0.2, 0.25) is 5.91 Å². The van der Waals surface area contributed by atoms with E-state index in [0.717, 1.165) is 5.56 Å². The average molecular weight is 203 g/mol. The number of hydrogen-bond acceptors (Lipinski definition) is 2. The minimum absolute atomic E-state index is 0.0556. The maximum absolute atomic E-state index is 11.9. The van der Waals surface area contributed by atoms with Gasteiger partial charge in [-0.25, -0.2) is 0 Å². The van der Waals surface area contributed by atoms with Gasteiger partial charge in [-0.05, 0) is 25.0 Å². The molecule has 1 N–H and O–H groups in total. The molecule has 0 aromatic heterocycles. The predicted octanol–water partition coefficient (Wildman–Crippen LogP) is 2.16. The van der Waals surface area contributed by atoms with E-state index in [1.54, 1.807) is 6.07 Å². The van der Waals surface area contributed by atoms with Crippen molar-refractivity contribution in [3.05, 3.63) is 29.3 Å². The third-order valence-electron chi connectivity index (χ3n) is 2.83. The van der Waals surface area contributed by atoms with E-state index >= 15 is 0 Å². The zero-order valence-corrected chi connectivity index (χ0v) is 8.83. The van der Waals surface area contributed by atoms with E-state index in [1.165, 1.54) is 0 Å². The number of fused-ring (bicyclic) bond motifs is 1. The molecule has 0 bridgehead atoms. The molecule has 78 valence electrons. The lowest BCUT2D eigenvalue weighted by Gasteiger charge is -2.23. The molecule has 1 unspecified atom stereocenters. The number of para-hydroxylation sites is 1. The maximum atomic E-state index is 11.9. The highest BCUT2D eigenvalue weighted by molar-refractivity contribution is 6.21. The Kier molecular flexibility index (Phi) is 2.31. The van der Waals surface area contributed by atoms with Crippen LogP contribution in [0.4, 0.5) is 5.69 Å². The third-order valence-corrected chi connectivity index (χ3v) is 2.83. The molecule has 1 aromatic rings. The highest BCUT2D eigenvalue weighted by Gasteiger charge is 2.33. The number of carbonyl (C=O) groups is 2. The number of rotatable bonds is 1. The Bertz CT molecular complexity index is 437. The van der Waals surface area contributed by atoms with Crippen LogP contribution in [0, 0.1) is 12.8 Å². The molecule has 3 nitrogen and oxygen atoms in total. The van der Waals surface area contributed by atoms with Crippen LogP contribution in [0.1, 0.15) is 29.3 Å². The van der Waals surface area contributed by atoms with Gasteiger partial charge in [0, 0.05) is 5.56 Å². The fourth-order valence-corrected chi connectivity index (χ4v) is 1.93. The summed E-state index contributed by atoms with van der Waals surface area (Å²) in [6, 6.07) is 5.50. The van der Waals surface area contributed by atoms with Crippen LogP contribution in [0.25, 0.3) is 0 Å². The Hall–Kier alpha value is -1.64. The van der Waals surface area contributed by atoms with Crippen molar-refractivity contribution in [2.75, 3.05) is 5.32 Å². The van der Waals surface area contributed by atoms with Crippen LogP contribution >= 0.6 is 0 Å². The Labute approximate surface area is 88.5 Å². The summed E-state index contributed by atoms with van der Waals surface area (Å²) in [6.07, 6.45) is 0.554. The summed E-state index contributed by atoms with van der Waals surface area (Å²) in [5.74, 6) is -0.747. The topological polar surface area (TPSA) is 46.2 Å². The summed E-state index contributed by atoms with van der Waals surface area (Å²) in [7, 11) is 0. The van der Waals surface area contributed by atoms with Gasteiger partial charge in [0.05, 0.1) is 5.69 Å². The molecule has 1 aliphatic heterocycles. The minimum Gasteiger partial charge on any atom is -0.325 e. The summed E-state index contributed by atoms with van der Waals surface area (Å²) < 4.78 is 0. The van der Waals surface area contributed by atoms with E-state index in [1.807, 2.05) is 26.0 Å². The lowest BCUT2D eigenvalue weighted by molar-refractivity contribution is -0.118. The van der Waals surface area contributed by atoms with E-state index < -0.39 is 5.92 Å². The fraction of sp³-hybridized carbons (Fsp3) is 0.333. The maximum Gasteiger partial charge on any atom is 0.235 e. The van der Waals surface area contributed by atoms with Crippen molar-refractivity contribution in [3.63, 3.8) is 0 Å². The van der Waals surface area contributed by atoms with E-state index in [-0.39, 0.29) is 11.7 Å². The standard InChI is InChI=1S/C12H13NO2/c1-3-8-11(14)9-6-4-5-7(2)10(9)13-12(8)15/h4-6,8H,3H2,1-2H3,(H,13,15). The number of hydrogen-bond donors (Lipinski definition) is 1. The molecule has 15 heavy (non-hydrogen) atoms. The van der Waals surface area contributed by atoms with Crippen LogP contribution in [0.5, 0.6) is 0 Å². The van der Waals surface area contributed by atoms with E-state index in [4.69, 9.17) is 0 Å². The first-order chi connectivity index (χ1) is 7.15. The van der Waals surface area contributed by atoms with Crippen molar-refractivity contribution < 1.29 is 9.59 Å². The largest absolute Gasteiger partial charge is 0.325 e. The first-order valence-corrected chi connectivity index (χ1v) is 5.09. The van der Waals surface area contributed by atoms with Crippen molar-refractivity contribution in [2.24, 2.45) is 5.92 Å². The molecule has 2 rings (SSSR count). The molecule has 0 fully saturated rings. The molecule has 0 aliphatic carbocycles. The monoisotopic (exact) mass is 203 g/mol. The summed E-state index contributed by atoms with van der Waals surface area (Å²) >= 11 is 0. The van der Waals surface area contributed by atoms with Crippen LogP contribution in [0.3, 0.4) is 0 Å².